The topological polar surface area (TPSA) is 26.0 Å². The molecule has 6 rings (SSSR count). The molecule has 1 aromatic carbocycles. The van der Waals surface area contributed by atoms with Gasteiger partial charge in [-0.2, -0.15) is 0 Å². The summed E-state index contributed by atoms with van der Waals surface area (Å²) in [6.07, 6.45) is 8.33. The Hall–Kier alpha value is -0.830. The van der Waals surface area contributed by atoms with Crippen LogP contribution in [0.5, 0.6) is 0 Å². The summed E-state index contributed by atoms with van der Waals surface area (Å²) < 4.78 is 7.25. The van der Waals surface area contributed by atoms with Gasteiger partial charge in [0.1, 0.15) is 5.52 Å². The van der Waals surface area contributed by atoms with E-state index in [9.17, 15) is 0 Å². The van der Waals surface area contributed by atoms with E-state index in [2.05, 4.69) is 22.0 Å². The van der Waals surface area contributed by atoms with E-state index in [0.29, 0.717) is 0 Å². The molecular formula is C17H18BrNO. The van der Waals surface area contributed by atoms with Gasteiger partial charge in [-0.1, -0.05) is 15.9 Å². The molecule has 4 aliphatic carbocycles. The van der Waals surface area contributed by atoms with Gasteiger partial charge in [0, 0.05) is 9.89 Å². The highest BCUT2D eigenvalue weighted by Crippen LogP contribution is 2.60. The van der Waals surface area contributed by atoms with Crippen LogP contribution in [0.2, 0.25) is 0 Å². The number of aromatic nitrogens is 1. The molecule has 20 heavy (non-hydrogen) atoms. The average Bonchev–Trinajstić information content (AvgIpc) is 2.80. The molecule has 104 valence electrons. The predicted molar refractivity (Wildman–Crippen MR) is 81.6 cm³/mol. The molecule has 0 aliphatic heterocycles. The van der Waals surface area contributed by atoms with Gasteiger partial charge in [-0.3, -0.25) is 0 Å². The van der Waals surface area contributed by atoms with Crippen LogP contribution in [0.3, 0.4) is 0 Å². The van der Waals surface area contributed by atoms with Gasteiger partial charge in [0.05, 0.1) is 0 Å². The van der Waals surface area contributed by atoms with Crippen molar-refractivity contribution in [2.75, 3.05) is 0 Å². The third kappa shape index (κ3) is 1.59. The first kappa shape index (κ1) is 11.8. The first-order valence-corrected chi connectivity index (χ1v) is 8.56. The number of halogens is 1. The summed E-state index contributed by atoms with van der Waals surface area (Å²) in [6.45, 7) is 0. The normalized spacial score (nSPS) is 38.8. The fraction of sp³-hybridized carbons (Fsp3) is 0.588. The zero-order valence-corrected chi connectivity index (χ0v) is 13.0. The third-order valence-electron chi connectivity index (χ3n) is 5.84. The van der Waals surface area contributed by atoms with Gasteiger partial charge < -0.3 is 4.42 Å². The average molecular weight is 332 g/mol. The number of benzene rings is 1. The summed E-state index contributed by atoms with van der Waals surface area (Å²) in [7, 11) is 0. The van der Waals surface area contributed by atoms with Crippen molar-refractivity contribution in [1.29, 1.82) is 0 Å². The molecule has 1 aromatic heterocycles. The Morgan fingerprint density at radius 1 is 1.05 bits per heavy atom. The highest BCUT2D eigenvalue weighted by atomic mass is 79.9. The SMILES string of the molecule is Brc1ccc2oc(C34CC5CC(CC(C5)C3)C4)nc2c1. The molecule has 0 spiro atoms. The van der Waals surface area contributed by atoms with Crippen molar-refractivity contribution in [1.82, 2.24) is 4.98 Å². The lowest BCUT2D eigenvalue weighted by Gasteiger charge is -2.55. The van der Waals surface area contributed by atoms with Crippen molar-refractivity contribution in [3.63, 3.8) is 0 Å². The van der Waals surface area contributed by atoms with E-state index < -0.39 is 0 Å². The van der Waals surface area contributed by atoms with Gasteiger partial charge in [-0.25, -0.2) is 4.98 Å². The largest absolute Gasteiger partial charge is 0.440 e. The van der Waals surface area contributed by atoms with Crippen LogP contribution in [0.4, 0.5) is 0 Å². The molecule has 1 heterocycles. The molecule has 0 radical (unpaired) electrons. The number of hydrogen-bond donors (Lipinski definition) is 0. The lowest BCUT2D eigenvalue weighted by Crippen LogP contribution is -2.48. The van der Waals surface area contributed by atoms with Crippen molar-refractivity contribution in [3.8, 4) is 0 Å². The van der Waals surface area contributed by atoms with Gasteiger partial charge in [-0.05, 0) is 74.5 Å². The third-order valence-corrected chi connectivity index (χ3v) is 6.33. The van der Waals surface area contributed by atoms with Crippen LogP contribution < -0.4 is 0 Å². The minimum absolute atomic E-state index is 0.264. The van der Waals surface area contributed by atoms with E-state index in [0.717, 1.165) is 39.2 Å². The van der Waals surface area contributed by atoms with E-state index in [-0.39, 0.29) is 5.41 Å². The van der Waals surface area contributed by atoms with Crippen LogP contribution in [0, 0.1) is 17.8 Å². The van der Waals surface area contributed by atoms with Crippen LogP contribution in [0.15, 0.2) is 27.1 Å². The molecule has 4 saturated carbocycles. The molecule has 2 nitrogen and oxygen atoms in total. The highest BCUT2D eigenvalue weighted by molar-refractivity contribution is 9.10. The molecular weight excluding hydrogens is 314 g/mol. The van der Waals surface area contributed by atoms with E-state index in [1.165, 1.54) is 38.5 Å². The van der Waals surface area contributed by atoms with Crippen LogP contribution in [-0.2, 0) is 5.41 Å². The summed E-state index contributed by atoms with van der Waals surface area (Å²) in [5, 5.41) is 0. The second kappa shape index (κ2) is 3.88. The number of rotatable bonds is 1. The summed E-state index contributed by atoms with van der Waals surface area (Å²) in [4.78, 5) is 4.87. The van der Waals surface area contributed by atoms with Gasteiger partial charge in [0.25, 0.3) is 0 Å². The summed E-state index contributed by atoms with van der Waals surface area (Å²) in [6, 6.07) is 6.15. The number of nitrogens with zero attached hydrogens (tertiary/aromatic N) is 1. The van der Waals surface area contributed by atoms with Crippen molar-refractivity contribution >= 4 is 27.0 Å². The summed E-state index contributed by atoms with van der Waals surface area (Å²) >= 11 is 3.52. The van der Waals surface area contributed by atoms with Crippen LogP contribution >= 0.6 is 15.9 Å². The molecule has 0 atom stereocenters. The van der Waals surface area contributed by atoms with E-state index in [1.54, 1.807) is 0 Å². The van der Waals surface area contributed by atoms with Crippen LogP contribution in [0.1, 0.15) is 44.4 Å². The molecule has 3 heteroatoms. The molecule has 4 fully saturated rings. The van der Waals surface area contributed by atoms with E-state index >= 15 is 0 Å². The molecule has 0 unspecified atom stereocenters. The number of fused-ring (bicyclic) bond motifs is 1. The number of oxazole rings is 1. The zero-order chi connectivity index (χ0) is 13.3. The summed E-state index contributed by atoms with van der Waals surface area (Å²) in [5.41, 5.74) is 2.21. The second-order valence-corrected chi connectivity index (χ2v) is 8.24. The summed E-state index contributed by atoms with van der Waals surface area (Å²) in [5.74, 6) is 3.83. The van der Waals surface area contributed by atoms with Gasteiger partial charge in [-0.15, -0.1) is 0 Å². The van der Waals surface area contributed by atoms with E-state index in [4.69, 9.17) is 9.40 Å². The van der Waals surface area contributed by atoms with Crippen molar-refractivity contribution in [3.05, 3.63) is 28.6 Å². The smallest absolute Gasteiger partial charge is 0.201 e. The maximum absolute atomic E-state index is 6.18. The Labute approximate surface area is 127 Å². The van der Waals surface area contributed by atoms with Gasteiger partial charge in [0.15, 0.2) is 5.58 Å². The van der Waals surface area contributed by atoms with E-state index in [1.807, 2.05) is 12.1 Å². The lowest BCUT2D eigenvalue weighted by atomic mass is 9.49. The van der Waals surface area contributed by atoms with Crippen LogP contribution in [0.25, 0.3) is 11.1 Å². The van der Waals surface area contributed by atoms with Crippen LogP contribution in [-0.4, -0.2) is 4.98 Å². The second-order valence-electron chi connectivity index (χ2n) is 7.33. The maximum atomic E-state index is 6.18. The fourth-order valence-electron chi connectivity index (χ4n) is 5.50. The zero-order valence-electron chi connectivity index (χ0n) is 11.4. The molecule has 4 aliphatic rings. The standard InChI is InChI=1S/C17H18BrNO/c18-13-1-2-15-14(6-13)19-16(20-15)17-7-10-3-11(8-17)5-12(4-10)9-17/h1-2,6,10-12H,3-5,7-9H2. The molecule has 0 saturated heterocycles. The Morgan fingerprint density at radius 3 is 2.35 bits per heavy atom. The lowest BCUT2D eigenvalue weighted by molar-refractivity contribution is -0.0170. The Morgan fingerprint density at radius 2 is 1.70 bits per heavy atom. The molecule has 2 aromatic rings. The molecule has 0 amide bonds. The quantitative estimate of drug-likeness (QED) is 0.730. The maximum Gasteiger partial charge on any atom is 0.201 e. The predicted octanol–water partition coefficient (Wildman–Crippen LogP) is 5.06. The molecule has 0 N–H and O–H groups in total. The van der Waals surface area contributed by atoms with Gasteiger partial charge >= 0.3 is 0 Å². The minimum atomic E-state index is 0.264. The first-order valence-electron chi connectivity index (χ1n) is 7.77. The number of hydrogen-bond acceptors (Lipinski definition) is 2. The van der Waals surface area contributed by atoms with Gasteiger partial charge in [0.2, 0.25) is 5.89 Å². The Bertz CT molecular complexity index is 654. The minimum Gasteiger partial charge on any atom is -0.440 e. The van der Waals surface area contributed by atoms with Crippen molar-refractivity contribution in [2.45, 2.75) is 43.9 Å². The van der Waals surface area contributed by atoms with Crippen molar-refractivity contribution in [2.24, 2.45) is 17.8 Å². The first-order chi connectivity index (χ1) is 9.70. The highest BCUT2D eigenvalue weighted by Gasteiger charge is 2.54. The monoisotopic (exact) mass is 331 g/mol. The fourth-order valence-corrected chi connectivity index (χ4v) is 5.85. The Kier molecular flexibility index (Phi) is 2.29. The Balaban J connectivity index is 1.63. The van der Waals surface area contributed by atoms with Crippen molar-refractivity contribution < 1.29 is 4.42 Å². The molecule has 4 bridgehead atoms.